The molecule has 2 rings (SSSR count). The summed E-state index contributed by atoms with van der Waals surface area (Å²) in [4.78, 5) is 10.8. The maximum atomic E-state index is 12.7. The quantitative estimate of drug-likeness (QED) is 0.772. The van der Waals surface area contributed by atoms with Crippen molar-refractivity contribution in [1.82, 2.24) is 4.31 Å². The lowest BCUT2D eigenvalue weighted by Crippen LogP contribution is -2.44. The molecule has 1 saturated heterocycles. The summed E-state index contributed by atoms with van der Waals surface area (Å²) in [6, 6.07) is 6.05. The van der Waals surface area contributed by atoms with Gasteiger partial charge in [-0.1, -0.05) is 6.07 Å². The van der Waals surface area contributed by atoms with E-state index in [2.05, 4.69) is 0 Å². The number of rotatable bonds is 5. The van der Waals surface area contributed by atoms with Crippen molar-refractivity contribution in [3.05, 3.63) is 29.8 Å². The van der Waals surface area contributed by atoms with Gasteiger partial charge in [-0.3, -0.25) is 4.79 Å². The number of nitriles is 1. The number of hydrogen-bond donors (Lipinski definition) is 1. The van der Waals surface area contributed by atoms with Crippen molar-refractivity contribution in [1.29, 1.82) is 5.26 Å². The number of sulfone groups is 1. The Morgan fingerprint density at radius 1 is 1.43 bits per heavy atom. The predicted molar refractivity (Wildman–Crippen MR) is 79.7 cm³/mol. The molecule has 1 heterocycles. The number of carboxylic acid groups (broad SMARTS) is 1. The van der Waals surface area contributed by atoms with Crippen LogP contribution >= 0.6 is 0 Å². The van der Waals surface area contributed by atoms with E-state index in [9.17, 15) is 21.6 Å². The summed E-state index contributed by atoms with van der Waals surface area (Å²) in [6.45, 7) is -0.834. The summed E-state index contributed by atoms with van der Waals surface area (Å²) in [5.74, 6) is -1.96. The predicted octanol–water partition coefficient (Wildman–Crippen LogP) is -0.179. The Kier molecular flexibility index (Phi) is 4.74. The lowest BCUT2D eigenvalue weighted by Gasteiger charge is -2.25. The third kappa shape index (κ3) is 3.87. The van der Waals surface area contributed by atoms with Crippen LogP contribution in [0.1, 0.15) is 12.0 Å². The van der Waals surface area contributed by atoms with E-state index in [-0.39, 0.29) is 22.6 Å². The van der Waals surface area contributed by atoms with Crippen LogP contribution in [0.3, 0.4) is 0 Å². The van der Waals surface area contributed by atoms with Gasteiger partial charge in [0.2, 0.25) is 10.0 Å². The number of carboxylic acids is 1. The zero-order chi connectivity index (χ0) is 17.3. The minimum absolute atomic E-state index is 0.0484. The topological polar surface area (TPSA) is 133 Å². The first-order chi connectivity index (χ1) is 10.7. The third-order valence-electron chi connectivity index (χ3n) is 3.48. The largest absolute Gasteiger partial charge is 0.480 e. The van der Waals surface area contributed by atoms with E-state index in [1.807, 2.05) is 0 Å². The lowest BCUT2D eigenvalue weighted by molar-refractivity contribution is -0.137. The van der Waals surface area contributed by atoms with Crippen LogP contribution < -0.4 is 0 Å². The van der Waals surface area contributed by atoms with Crippen molar-refractivity contribution in [3.8, 4) is 6.07 Å². The van der Waals surface area contributed by atoms with Gasteiger partial charge in [0, 0.05) is 6.04 Å². The van der Waals surface area contributed by atoms with Gasteiger partial charge in [-0.2, -0.15) is 9.57 Å². The van der Waals surface area contributed by atoms with Crippen molar-refractivity contribution in [3.63, 3.8) is 0 Å². The monoisotopic (exact) mass is 358 g/mol. The first-order valence-electron chi connectivity index (χ1n) is 6.60. The molecule has 0 aromatic heterocycles. The average molecular weight is 358 g/mol. The summed E-state index contributed by atoms with van der Waals surface area (Å²) in [5, 5.41) is 17.8. The summed E-state index contributed by atoms with van der Waals surface area (Å²) in [5.41, 5.74) is 0.111. The molecule has 1 N–H and O–H groups in total. The minimum atomic E-state index is -4.23. The Bertz CT molecular complexity index is 870. The number of hydrogen-bond acceptors (Lipinski definition) is 6. The van der Waals surface area contributed by atoms with E-state index in [0.29, 0.717) is 4.31 Å². The Morgan fingerprint density at radius 3 is 2.65 bits per heavy atom. The van der Waals surface area contributed by atoms with Gasteiger partial charge in [0.05, 0.1) is 28.0 Å². The van der Waals surface area contributed by atoms with E-state index in [1.165, 1.54) is 18.2 Å². The Labute approximate surface area is 133 Å². The number of carbonyl (C=O) groups is 1. The summed E-state index contributed by atoms with van der Waals surface area (Å²) >= 11 is 0. The van der Waals surface area contributed by atoms with E-state index in [0.717, 1.165) is 6.07 Å². The van der Waals surface area contributed by atoms with E-state index >= 15 is 0 Å². The number of aliphatic carboxylic acids is 1. The Morgan fingerprint density at radius 2 is 2.13 bits per heavy atom. The molecule has 1 fully saturated rings. The van der Waals surface area contributed by atoms with E-state index < -0.39 is 44.2 Å². The highest BCUT2D eigenvalue weighted by Crippen LogP contribution is 2.25. The van der Waals surface area contributed by atoms with Crippen LogP contribution in [-0.4, -0.2) is 56.3 Å². The highest BCUT2D eigenvalue weighted by molar-refractivity contribution is 7.92. The van der Waals surface area contributed by atoms with Gasteiger partial charge in [0.1, 0.15) is 6.54 Å². The molecule has 1 atom stereocenters. The smallest absolute Gasteiger partial charge is 0.318 e. The number of benzene rings is 1. The molecule has 1 aromatic rings. The normalized spacial score (nSPS) is 20.3. The second kappa shape index (κ2) is 6.27. The molecule has 0 aliphatic carbocycles. The van der Waals surface area contributed by atoms with Crippen LogP contribution in [0.25, 0.3) is 0 Å². The average Bonchev–Trinajstić information content (AvgIpc) is 2.84. The van der Waals surface area contributed by atoms with Gasteiger partial charge in [-0.25, -0.2) is 16.8 Å². The van der Waals surface area contributed by atoms with Gasteiger partial charge in [0.25, 0.3) is 0 Å². The van der Waals surface area contributed by atoms with Crippen molar-refractivity contribution in [2.75, 3.05) is 18.1 Å². The van der Waals surface area contributed by atoms with Crippen LogP contribution in [-0.2, 0) is 24.7 Å². The molecule has 8 nitrogen and oxygen atoms in total. The fraction of sp³-hybridized carbons (Fsp3) is 0.385. The summed E-state index contributed by atoms with van der Waals surface area (Å²) in [7, 11) is -7.61. The maximum absolute atomic E-state index is 12.7. The zero-order valence-electron chi connectivity index (χ0n) is 11.9. The van der Waals surface area contributed by atoms with Crippen molar-refractivity contribution >= 4 is 25.8 Å². The highest BCUT2D eigenvalue weighted by atomic mass is 32.2. The van der Waals surface area contributed by atoms with Crippen LogP contribution in [0.2, 0.25) is 0 Å². The summed E-state index contributed by atoms with van der Waals surface area (Å²) in [6.07, 6.45) is 0.0484. The molecule has 0 radical (unpaired) electrons. The number of sulfonamides is 1. The molecule has 0 bridgehead atoms. The highest BCUT2D eigenvalue weighted by Gasteiger charge is 2.39. The standard InChI is InChI=1S/C13H14N2O6S2/c14-7-10-2-1-3-12(6-10)23(20,21)15(8-13(16)17)11-4-5-22(18,19)9-11/h1-3,6,11H,4-5,8-9H2,(H,16,17)/t11-/m0/s1. The Hall–Kier alpha value is -1.96. The Balaban J connectivity index is 2.45. The maximum Gasteiger partial charge on any atom is 0.318 e. The van der Waals surface area contributed by atoms with Crippen LogP contribution in [0.4, 0.5) is 0 Å². The molecular weight excluding hydrogens is 344 g/mol. The second-order valence-corrected chi connectivity index (χ2v) is 9.26. The molecule has 1 aliphatic rings. The molecule has 0 saturated carbocycles. The molecule has 0 amide bonds. The molecule has 1 aliphatic heterocycles. The zero-order valence-corrected chi connectivity index (χ0v) is 13.5. The minimum Gasteiger partial charge on any atom is -0.480 e. The summed E-state index contributed by atoms with van der Waals surface area (Å²) < 4.78 is 49.2. The van der Waals surface area contributed by atoms with Gasteiger partial charge >= 0.3 is 5.97 Å². The van der Waals surface area contributed by atoms with Crippen LogP contribution in [0.5, 0.6) is 0 Å². The van der Waals surface area contributed by atoms with Gasteiger partial charge in [-0.05, 0) is 24.6 Å². The van der Waals surface area contributed by atoms with Crippen molar-refractivity contribution in [2.24, 2.45) is 0 Å². The second-order valence-electron chi connectivity index (χ2n) is 5.14. The number of nitrogens with zero attached hydrogens (tertiary/aromatic N) is 2. The lowest BCUT2D eigenvalue weighted by atomic mass is 10.2. The first-order valence-corrected chi connectivity index (χ1v) is 9.86. The van der Waals surface area contributed by atoms with Crippen molar-refractivity contribution in [2.45, 2.75) is 17.4 Å². The molecule has 23 heavy (non-hydrogen) atoms. The molecule has 124 valence electrons. The third-order valence-corrected chi connectivity index (χ3v) is 7.12. The molecule has 0 spiro atoms. The van der Waals surface area contributed by atoms with Gasteiger partial charge in [-0.15, -0.1) is 0 Å². The molecular formula is C13H14N2O6S2. The fourth-order valence-electron chi connectivity index (χ4n) is 2.41. The molecule has 0 unspecified atom stereocenters. The SMILES string of the molecule is N#Cc1cccc(S(=O)(=O)N(CC(=O)O)[C@H]2CCS(=O)(=O)C2)c1. The van der Waals surface area contributed by atoms with Crippen LogP contribution in [0.15, 0.2) is 29.2 Å². The fourth-order valence-corrected chi connectivity index (χ4v) is 5.88. The van der Waals surface area contributed by atoms with Gasteiger partial charge < -0.3 is 5.11 Å². The van der Waals surface area contributed by atoms with Crippen LogP contribution in [0, 0.1) is 11.3 Å². The van der Waals surface area contributed by atoms with E-state index in [4.69, 9.17) is 10.4 Å². The first kappa shape index (κ1) is 17.4. The van der Waals surface area contributed by atoms with Crippen molar-refractivity contribution < 1.29 is 26.7 Å². The molecule has 10 heteroatoms. The van der Waals surface area contributed by atoms with E-state index in [1.54, 1.807) is 6.07 Å². The molecule has 1 aromatic carbocycles. The van der Waals surface area contributed by atoms with Gasteiger partial charge in [0.15, 0.2) is 9.84 Å².